The van der Waals surface area contributed by atoms with Crippen LogP contribution < -0.4 is 0 Å². The molecule has 17 heavy (non-hydrogen) atoms. The number of esters is 1. The molecule has 0 aromatic carbocycles. The van der Waals surface area contributed by atoms with Gasteiger partial charge < -0.3 is 18.0 Å². The molecule has 5 nitrogen and oxygen atoms in total. The molecular formula is C10H20O5SSi. The normalized spacial score (nSPS) is 12.0. The highest BCUT2D eigenvalue weighted by molar-refractivity contribution is 7.80. The average molecular weight is 280 g/mol. The van der Waals surface area contributed by atoms with Crippen molar-refractivity contribution in [2.75, 3.05) is 33.7 Å². The molecule has 0 amide bonds. The third-order valence-electron chi connectivity index (χ3n) is 2.16. The van der Waals surface area contributed by atoms with Crippen LogP contribution >= 0.6 is 12.6 Å². The molecule has 0 spiro atoms. The van der Waals surface area contributed by atoms with Crippen LogP contribution in [0.3, 0.4) is 0 Å². The van der Waals surface area contributed by atoms with Gasteiger partial charge in [-0.1, -0.05) is 6.08 Å². The minimum Gasteiger partial charge on any atom is -0.463 e. The summed E-state index contributed by atoms with van der Waals surface area (Å²) in [6.07, 6.45) is 3.63. The highest BCUT2D eigenvalue weighted by Gasteiger charge is 2.36. The Kier molecular flexibility index (Phi) is 9.47. The minimum absolute atomic E-state index is 0.320. The van der Waals surface area contributed by atoms with Crippen LogP contribution in [0.2, 0.25) is 6.04 Å². The van der Waals surface area contributed by atoms with E-state index in [9.17, 15) is 4.79 Å². The van der Waals surface area contributed by atoms with Crippen molar-refractivity contribution in [1.82, 2.24) is 0 Å². The number of carbonyl (C=O) groups is 1. The molecule has 0 radical (unpaired) electrons. The Morgan fingerprint density at radius 2 is 1.82 bits per heavy atom. The van der Waals surface area contributed by atoms with Gasteiger partial charge in [0, 0.05) is 39.2 Å². The van der Waals surface area contributed by atoms with Gasteiger partial charge in [0.25, 0.3) is 0 Å². The van der Waals surface area contributed by atoms with Gasteiger partial charge in [-0.2, -0.15) is 12.6 Å². The van der Waals surface area contributed by atoms with Crippen molar-refractivity contribution in [3.63, 3.8) is 0 Å². The van der Waals surface area contributed by atoms with Crippen molar-refractivity contribution in [3.05, 3.63) is 12.2 Å². The quantitative estimate of drug-likeness (QED) is 0.227. The maximum Gasteiger partial charge on any atom is 0.500 e. The zero-order valence-electron chi connectivity index (χ0n) is 10.5. The second kappa shape index (κ2) is 9.66. The maximum atomic E-state index is 11.1. The van der Waals surface area contributed by atoms with E-state index in [-0.39, 0.29) is 5.97 Å². The molecule has 0 aromatic heterocycles. The van der Waals surface area contributed by atoms with Crippen molar-refractivity contribution >= 4 is 27.4 Å². The molecule has 0 saturated heterocycles. The summed E-state index contributed by atoms with van der Waals surface area (Å²) in [5.41, 5.74) is 0. The third-order valence-corrected chi connectivity index (χ3v) is 5.21. The van der Waals surface area contributed by atoms with Crippen molar-refractivity contribution in [2.24, 2.45) is 0 Å². The zero-order valence-corrected chi connectivity index (χ0v) is 12.4. The molecule has 0 heterocycles. The van der Waals surface area contributed by atoms with E-state index >= 15 is 0 Å². The van der Waals surface area contributed by atoms with Gasteiger partial charge in [0.05, 0.1) is 6.61 Å². The predicted molar refractivity (Wildman–Crippen MR) is 70.2 cm³/mol. The molecule has 0 aliphatic heterocycles. The first-order valence-corrected chi connectivity index (χ1v) is 7.80. The molecular weight excluding hydrogens is 260 g/mol. The van der Waals surface area contributed by atoms with Crippen molar-refractivity contribution < 1.29 is 22.8 Å². The summed E-state index contributed by atoms with van der Waals surface area (Å²) in [6.45, 7) is 0.320. The van der Waals surface area contributed by atoms with Gasteiger partial charge in [-0.05, 0) is 6.42 Å². The standard InChI is InChI=1S/C10H20O5SSi/c1-12-17(13-2,14-3)9-5-7-15-10(11)6-4-8-16/h4,6,16H,5,7-9H2,1-3H3. The molecule has 0 bridgehead atoms. The summed E-state index contributed by atoms with van der Waals surface area (Å²) < 4.78 is 20.7. The van der Waals surface area contributed by atoms with Crippen molar-refractivity contribution in [2.45, 2.75) is 12.5 Å². The largest absolute Gasteiger partial charge is 0.500 e. The van der Waals surface area contributed by atoms with Gasteiger partial charge in [-0.15, -0.1) is 0 Å². The van der Waals surface area contributed by atoms with E-state index in [0.29, 0.717) is 24.8 Å². The number of thiol groups is 1. The summed E-state index contributed by atoms with van der Waals surface area (Å²) in [5.74, 6) is 0.154. The highest BCUT2D eigenvalue weighted by atomic mass is 32.1. The van der Waals surface area contributed by atoms with Crippen LogP contribution in [0.25, 0.3) is 0 Å². The second-order valence-electron chi connectivity index (χ2n) is 3.15. The van der Waals surface area contributed by atoms with Crippen LogP contribution in [0.15, 0.2) is 12.2 Å². The van der Waals surface area contributed by atoms with Gasteiger partial charge in [0.1, 0.15) is 0 Å². The lowest BCUT2D eigenvalue weighted by atomic mass is 10.5. The Morgan fingerprint density at radius 3 is 2.29 bits per heavy atom. The van der Waals surface area contributed by atoms with E-state index < -0.39 is 8.80 Å². The van der Waals surface area contributed by atoms with E-state index in [0.717, 1.165) is 0 Å². The third kappa shape index (κ3) is 6.84. The number of carbonyl (C=O) groups excluding carboxylic acids is 1. The van der Waals surface area contributed by atoms with E-state index in [1.807, 2.05) is 0 Å². The lowest BCUT2D eigenvalue weighted by Gasteiger charge is -2.23. The fourth-order valence-corrected chi connectivity index (χ4v) is 3.01. The SMILES string of the molecule is CO[Si](CCCOC(=O)C=CCS)(OC)OC. The molecule has 0 aliphatic rings. The number of rotatable bonds is 9. The Hall–Kier alpha value is -0.343. The first-order valence-electron chi connectivity index (χ1n) is 5.23. The number of ether oxygens (including phenoxy) is 1. The summed E-state index contributed by atoms with van der Waals surface area (Å²) in [6, 6.07) is 0.611. The van der Waals surface area contributed by atoms with Crippen LogP contribution in [-0.4, -0.2) is 48.5 Å². The fourth-order valence-electron chi connectivity index (χ4n) is 1.21. The highest BCUT2D eigenvalue weighted by Crippen LogP contribution is 2.14. The van der Waals surface area contributed by atoms with Gasteiger partial charge in [0.2, 0.25) is 0 Å². The smallest absolute Gasteiger partial charge is 0.463 e. The van der Waals surface area contributed by atoms with Crippen LogP contribution in [0, 0.1) is 0 Å². The topological polar surface area (TPSA) is 54.0 Å². The molecule has 0 aliphatic carbocycles. The van der Waals surface area contributed by atoms with E-state index in [1.165, 1.54) is 6.08 Å². The van der Waals surface area contributed by atoms with Gasteiger partial charge in [-0.3, -0.25) is 0 Å². The molecule has 0 aromatic rings. The Balaban J connectivity index is 3.83. The monoisotopic (exact) mass is 280 g/mol. The molecule has 0 atom stereocenters. The van der Waals surface area contributed by atoms with E-state index in [1.54, 1.807) is 27.4 Å². The summed E-state index contributed by atoms with van der Waals surface area (Å²) >= 11 is 3.94. The second-order valence-corrected chi connectivity index (χ2v) is 6.61. The molecule has 7 heteroatoms. The molecule has 0 fully saturated rings. The van der Waals surface area contributed by atoms with Crippen molar-refractivity contribution in [1.29, 1.82) is 0 Å². The summed E-state index contributed by atoms with van der Waals surface area (Å²) in [4.78, 5) is 11.1. The van der Waals surface area contributed by atoms with E-state index in [4.69, 9.17) is 18.0 Å². The van der Waals surface area contributed by atoms with Crippen LogP contribution in [0.5, 0.6) is 0 Å². The molecule has 0 saturated carbocycles. The fraction of sp³-hybridized carbons (Fsp3) is 0.700. The molecule has 0 rings (SSSR count). The summed E-state index contributed by atoms with van der Waals surface area (Å²) in [7, 11) is 2.13. The number of hydrogen-bond acceptors (Lipinski definition) is 6. The molecule has 100 valence electrons. The van der Waals surface area contributed by atoms with E-state index in [2.05, 4.69) is 12.6 Å². The Labute approximate surface area is 109 Å². The minimum atomic E-state index is -2.54. The van der Waals surface area contributed by atoms with Gasteiger partial charge >= 0.3 is 14.8 Å². The predicted octanol–water partition coefficient (Wildman–Crippen LogP) is 1.28. The zero-order chi connectivity index (χ0) is 13.1. The van der Waals surface area contributed by atoms with Crippen molar-refractivity contribution in [3.8, 4) is 0 Å². The van der Waals surface area contributed by atoms with Crippen LogP contribution in [0.1, 0.15) is 6.42 Å². The van der Waals surface area contributed by atoms with Gasteiger partial charge in [-0.25, -0.2) is 4.79 Å². The van der Waals surface area contributed by atoms with Gasteiger partial charge in [0.15, 0.2) is 0 Å². The summed E-state index contributed by atoms with van der Waals surface area (Å²) in [5, 5.41) is 0. The maximum absolute atomic E-state index is 11.1. The molecule has 0 N–H and O–H groups in total. The Morgan fingerprint density at radius 1 is 1.24 bits per heavy atom. The van der Waals surface area contributed by atoms with Crippen LogP contribution in [-0.2, 0) is 22.8 Å². The first kappa shape index (κ1) is 16.7. The Bertz CT molecular complexity index is 235. The molecule has 0 unspecified atom stereocenters. The lowest BCUT2D eigenvalue weighted by Crippen LogP contribution is -2.42. The lowest BCUT2D eigenvalue weighted by molar-refractivity contribution is -0.137. The first-order chi connectivity index (χ1) is 8.14. The average Bonchev–Trinajstić information content (AvgIpc) is 2.37. The number of hydrogen-bond donors (Lipinski definition) is 1. The van der Waals surface area contributed by atoms with Crippen LogP contribution in [0.4, 0.5) is 0 Å².